The summed E-state index contributed by atoms with van der Waals surface area (Å²) in [6, 6.07) is 15.2. The summed E-state index contributed by atoms with van der Waals surface area (Å²) in [5, 5.41) is 19.8. The van der Waals surface area contributed by atoms with Gasteiger partial charge in [-0.2, -0.15) is 5.26 Å². The lowest BCUT2D eigenvalue weighted by Gasteiger charge is -2.37. The molecule has 198 valence electrons. The number of hydrogen-bond acceptors (Lipinski definition) is 5. The molecule has 1 aliphatic heterocycles. The van der Waals surface area contributed by atoms with Crippen molar-refractivity contribution >= 4 is 21.7 Å². The third kappa shape index (κ3) is 4.92. The molecule has 0 fully saturated rings. The van der Waals surface area contributed by atoms with E-state index in [0.717, 1.165) is 28.5 Å². The van der Waals surface area contributed by atoms with Gasteiger partial charge in [0.1, 0.15) is 0 Å². The van der Waals surface area contributed by atoms with Crippen molar-refractivity contribution < 1.29 is 23.1 Å². The first kappa shape index (κ1) is 27.4. The number of hydrogen-bond donors (Lipinski definition) is 1. The topological polar surface area (TPSA) is 108 Å². The summed E-state index contributed by atoms with van der Waals surface area (Å²) in [4.78, 5) is 12.7. The minimum absolute atomic E-state index is 0.0398. The number of carbonyl (C=O) groups is 1. The van der Waals surface area contributed by atoms with Crippen molar-refractivity contribution in [3.05, 3.63) is 75.8 Å². The van der Waals surface area contributed by atoms with Gasteiger partial charge in [0, 0.05) is 11.1 Å². The van der Waals surface area contributed by atoms with Crippen LogP contribution in [0.2, 0.25) is 0 Å². The van der Waals surface area contributed by atoms with E-state index in [0.29, 0.717) is 39.1 Å². The van der Waals surface area contributed by atoms with Crippen LogP contribution in [0, 0.1) is 32.1 Å². The van der Waals surface area contributed by atoms with Crippen LogP contribution < -0.4 is 4.31 Å². The van der Waals surface area contributed by atoms with Gasteiger partial charge < -0.3 is 9.84 Å². The highest BCUT2D eigenvalue weighted by Crippen LogP contribution is 2.51. The maximum Gasteiger partial charge on any atom is 0.337 e. The SMILES string of the molecule is Cc1ccc(-c2c(C)c3c(c(C)c2[C@H](OC(C)(C)C)C(=O)O)N(S(C)(=O)=O)Cc2cc(C#N)ccc2-3)cc1. The number of aryl methyl sites for hydroxylation is 1. The third-order valence-corrected chi connectivity index (χ3v) is 7.89. The molecular weight excluding hydrogens is 500 g/mol. The molecule has 38 heavy (non-hydrogen) atoms. The lowest BCUT2D eigenvalue weighted by molar-refractivity contribution is -0.160. The van der Waals surface area contributed by atoms with Crippen molar-refractivity contribution in [2.45, 2.75) is 59.8 Å². The zero-order chi connectivity index (χ0) is 28.2. The first-order valence-electron chi connectivity index (χ1n) is 12.3. The van der Waals surface area contributed by atoms with Crippen LogP contribution in [-0.2, 0) is 26.1 Å². The lowest BCUT2D eigenvalue weighted by Crippen LogP contribution is -2.34. The summed E-state index contributed by atoms with van der Waals surface area (Å²) in [7, 11) is -3.76. The van der Waals surface area contributed by atoms with Crippen molar-refractivity contribution in [1.29, 1.82) is 5.26 Å². The van der Waals surface area contributed by atoms with E-state index in [-0.39, 0.29) is 6.54 Å². The number of carboxylic acids is 1. The fourth-order valence-electron chi connectivity index (χ4n) is 5.21. The Morgan fingerprint density at radius 1 is 1.05 bits per heavy atom. The van der Waals surface area contributed by atoms with Crippen LogP contribution in [0.5, 0.6) is 0 Å². The van der Waals surface area contributed by atoms with E-state index < -0.39 is 27.7 Å². The van der Waals surface area contributed by atoms with Crippen LogP contribution in [-0.4, -0.2) is 31.4 Å². The second kappa shape index (κ2) is 9.57. The van der Waals surface area contributed by atoms with Crippen molar-refractivity contribution in [1.82, 2.24) is 0 Å². The molecule has 1 atom stereocenters. The van der Waals surface area contributed by atoms with Gasteiger partial charge in [-0.1, -0.05) is 35.9 Å². The maximum atomic E-state index is 13.1. The molecule has 4 rings (SSSR count). The van der Waals surface area contributed by atoms with Gasteiger partial charge in [-0.15, -0.1) is 0 Å². The van der Waals surface area contributed by atoms with Gasteiger partial charge in [-0.25, -0.2) is 13.2 Å². The zero-order valence-electron chi connectivity index (χ0n) is 22.7. The number of sulfonamides is 1. The van der Waals surface area contributed by atoms with Crippen LogP contribution in [0.15, 0.2) is 42.5 Å². The smallest absolute Gasteiger partial charge is 0.337 e. The van der Waals surface area contributed by atoms with E-state index in [4.69, 9.17) is 4.74 Å². The second-order valence-corrected chi connectivity index (χ2v) is 12.7. The molecule has 1 aliphatic rings. The van der Waals surface area contributed by atoms with Crippen LogP contribution in [0.4, 0.5) is 5.69 Å². The Morgan fingerprint density at radius 2 is 1.68 bits per heavy atom. The number of aliphatic carboxylic acids is 1. The highest BCUT2D eigenvalue weighted by atomic mass is 32.2. The molecule has 8 heteroatoms. The van der Waals surface area contributed by atoms with Crippen LogP contribution in [0.25, 0.3) is 22.3 Å². The number of benzene rings is 3. The molecule has 0 saturated heterocycles. The van der Waals surface area contributed by atoms with E-state index in [9.17, 15) is 23.6 Å². The number of nitriles is 1. The number of carboxylic acid groups (broad SMARTS) is 1. The van der Waals surface area contributed by atoms with Gasteiger partial charge in [0.2, 0.25) is 10.0 Å². The Labute approximate surface area is 224 Å². The van der Waals surface area contributed by atoms with Gasteiger partial charge >= 0.3 is 5.97 Å². The van der Waals surface area contributed by atoms with Crippen LogP contribution in [0.3, 0.4) is 0 Å². The van der Waals surface area contributed by atoms with Gasteiger partial charge in [0.25, 0.3) is 0 Å². The molecule has 0 saturated carbocycles. The Hall–Kier alpha value is -3.67. The Bertz CT molecular complexity index is 1590. The molecule has 0 spiro atoms. The van der Waals surface area contributed by atoms with E-state index in [1.165, 1.54) is 4.31 Å². The Kier molecular flexibility index (Phi) is 6.89. The summed E-state index contributed by atoms with van der Waals surface area (Å²) < 4.78 is 33.7. The van der Waals surface area contributed by atoms with E-state index in [1.54, 1.807) is 39.8 Å². The van der Waals surface area contributed by atoms with E-state index in [1.807, 2.05) is 44.2 Å². The molecule has 0 aliphatic carbocycles. The molecular formula is C30H32N2O5S. The first-order valence-corrected chi connectivity index (χ1v) is 14.1. The molecule has 3 aromatic carbocycles. The van der Waals surface area contributed by atoms with Crippen molar-refractivity contribution in [3.63, 3.8) is 0 Å². The van der Waals surface area contributed by atoms with Crippen LogP contribution >= 0.6 is 0 Å². The highest BCUT2D eigenvalue weighted by Gasteiger charge is 2.38. The van der Waals surface area contributed by atoms with Crippen molar-refractivity contribution in [3.8, 4) is 28.3 Å². The number of rotatable bonds is 5. The summed E-state index contributed by atoms with van der Waals surface area (Å²) in [6.07, 6.45) is -0.197. The minimum atomic E-state index is -3.76. The fourth-order valence-corrected chi connectivity index (χ4v) is 6.14. The third-order valence-electron chi connectivity index (χ3n) is 6.78. The molecule has 3 aromatic rings. The molecule has 1 N–H and O–H groups in total. The molecule has 0 amide bonds. The number of nitrogens with zero attached hydrogens (tertiary/aromatic N) is 2. The molecule has 1 heterocycles. The fraction of sp³-hybridized carbons (Fsp3) is 0.333. The molecule has 0 radical (unpaired) electrons. The van der Waals surface area contributed by atoms with Gasteiger partial charge in [-0.3, -0.25) is 4.31 Å². The number of fused-ring (bicyclic) bond motifs is 3. The predicted molar refractivity (Wildman–Crippen MR) is 148 cm³/mol. The minimum Gasteiger partial charge on any atom is -0.479 e. The molecule has 0 bridgehead atoms. The molecule has 0 unspecified atom stereocenters. The molecule has 7 nitrogen and oxygen atoms in total. The number of ether oxygens (including phenoxy) is 1. The Balaban J connectivity index is 2.21. The Morgan fingerprint density at radius 3 is 2.21 bits per heavy atom. The predicted octanol–water partition coefficient (Wildman–Crippen LogP) is 6.04. The van der Waals surface area contributed by atoms with Gasteiger partial charge in [0.15, 0.2) is 6.10 Å². The average Bonchev–Trinajstić information content (AvgIpc) is 2.82. The quantitative estimate of drug-likeness (QED) is 0.429. The lowest BCUT2D eigenvalue weighted by atomic mass is 9.80. The highest BCUT2D eigenvalue weighted by molar-refractivity contribution is 7.92. The van der Waals surface area contributed by atoms with E-state index in [2.05, 4.69) is 6.07 Å². The standard InChI is InChI=1S/C30H32N2O5S/c1-17-8-11-21(12-9-17)24-18(2)25-23-13-10-20(15-31)14-22(23)16-32(38(7,35)36)27(25)19(3)26(24)28(29(33)34)37-30(4,5)6/h8-14,28H,16H2,1-7H3,(H,33,34)/t28-/m0/s1. The van der Waals surface area contributed by atoms with Gasteiger partial charge in [-0.05, 0) is 87.1 Å². The van der Waals surface area contributed by atoms with Gasteiger partial charge in [0.05, 0.1) is 35.7 Å². The summed E-state index contributed by atoms with van der Waals surface area (Å²) >= 11 is 0. The first-order chi connectivity index (χ1) is 17.6. The number of anilines is 1. The van der Waals surface area contributed by atoms with Crippen LogP contribution in [0.1, 0.15) is 60.3 Å². The second-order valence-electron chi connectivity index (χ2n) is 10.8. The summed E-state index contributed by atoms with van der Waals surface area (Å²) in [6.45, 7) is 11.0. The summed E-state index contributed by atoms with van der Waals surface area (Å²) in [5.41, 5.74) is 6.61. The summed E-state index contributed by atoms with van der Waals surface area (Å²) in [5.74, 6) is -1.16. The van der Waals surface area contributed by atoms with Crippen molar-refractivity contribution in [2.75, 3.05) is 10.6 Å². The van der Waals surface area contributed by atoms with Crippen molar-refractivity contribution in [2.24, 2.45) is 0 Å². The van der Waals surface area contributed by atoms with E-state index >= 15 is 0 Å². The largest absolute Gasteiger partial charge is 0.479 e. The monoisotopic (exact) mass is 532 g/mol. The maximum absolute atomic E-state index is 13.1. The molecule has 0 aromatic heterocycles. The normalized spacial score (nSPS) is 13.9. The average molecular weight is 533 g/mol. The zero-order valence-corrected chi connectivity index (χ0v) is 23.5.